The minimum Gasteiger partial charge on any atom is -0.318 e. The van der Waals surface area contributed by atoms with E-state index in [2.05, 4.69) is 24.1 Å². The Labute approximate surface area is 117 Å². The van der Waals surface area contributed by atoms with Crippen LogP contribution in [0.25, 0.3) is 0 Å². The summed E-state index contributed by atoms with van der Waals surface area (Å²) in [5.41, 5.74) is 0.542. The van der Waals surface area contributed by atoms with Crippen molar-refractivity contribution in [2.45, 2.75) is 26.4 Å². The van der Waals surface area contributed by atoms with E-state index in [-0.39, 0.29) is 5.82 Å². The fourth-order valence-electron chi connectivity index (χ4n) is 1.67. The Morgan fingerprint density at radius 3 is 2.79 bits per heavy atom. The molecule has 0 aliphatic rings. The van der Waals surface area contributed by atoms with Gasteiger partial charge in [-0.15, -0.1) is 11.3 Å². The van der Waals surface area contributed by atoms with Crippen LogP contribution in [0.5, 0.6) is 0 Å². The minimum absolute atomic E-state index is 0.234. The molecule has 0 aliphatic carbocycles. The lowest BCUT2D eigenvalue weighted by molar-refractivity contribution is 0.593. The number of anilines is 2. The number of halogens is 1. The van der Waals surface area contributed by atoms with Gasteiger partial charge < -0.3 is 10.2 Å². The molecule has 5 heteroatoms. The molecule has 1 aromatic carbocycles. The van der Waals surface area contributed by atoms with Gasteiger partial charge >= 0.3 is 0 Å². The first-order chi connectivity index (χ1) is 9.08. The third kappa shape index (κ3) is 3.52. The molecule has 1 heterocycles. The van der Waals surface area contributed by atoms with Crippen molar-refractivity contribution in [1.82, 2.24) is 10.3 Å². The first-order valence-corrected chi connectivity index (χ1v) is 7.06. The molecule has 0 radical (unpaired) electrons. The maximum Gasteiger partial charge on any atom is 0.189 e. The number of hydrogen-bond donors (Lipinski definition) is 1. The molecule has 0 fully saturated rings. The van der Waals surface area contributed by atoms with Crippen molar-refractivity contribution < 1.29 is 4.39 Å². The van der Waals surface area contributed by atoms with E-state index in [1.165, 1.54) is 6.07 Å². The summed E-state index contributed by atoms with van der Waals surface area (Å²) in [6.07, 6.45) is 1.84. The molecular formula is C14H18FN3S. The Bertz CT molecular complexity index is 539. The second-order valence-corrected chi connectivity index (χ2v) is 5.75. The Hall–Kier alpha value is -1.46. The molecule has 0 atom stereocenters. The third-order valence-corrected chi connectivity index (χ3v) is 3.80. The quantitative estimate of drug-likeness (QED) is 0.907. The molecule has 2 aromatic rings. The molecular weight excluding hydrogens is 261 g/mol. The molecule has 1 aromatic heterocycles. The summed E-state index contributed by atoms with van der Waals surface area (Å²) in [5.74, 6) is -0.234. The van der Waals surface area contributed by atoms with Crippen LogP contribution in [0.4, 0.5) is 15.2 Å². The van der Waals surface area contributed by atoms with Crippen molar-refractivity contribution in [2.24, 2.45) is 0 Å². The predicted molar refractivity (Wildman–Crippen MR) is 78.6 cm³/mol. The summed E-state index contributed by atoms with van der Waals surface area (Å²) >= 11 is 1.57. The number of benzene rings is 1. The first-order valence-electron chi connectivity index (χ1n) is 6.24. The highest BCUT2D eigenvalue weighted by Crippen LogP contribution is 2.29. The van der Waals surface area contributed by atoms with Crippen molar-refractivity contribution in [3.05, 3.63) is 41.2 Å². The summed E-state index contributed by atoms with van der Waals surface area (Å²) in [7, 11) is 1.83. The van der Waals surface area contributed by atoms with Gasteiger partial charge in [-0.05, 0) is 12.1 Å². The molecule has 0 saturated carbocycles. The monoisotopic (exact) mass is 279 g/mol. The van der Waals surface area contributed by atoms with Crippen LogP contribution >= 0.6 is 11.3 Å². The number of para-hydroxylation sites is 1. The number of nitrogens with zero attached hydrogens (tertiary/aromatic N) is 2. The summed E-state index contributed by atoms with van der Waals surface area (Å²) in [6, 6.07) is 7.16. The van der Waals surface area contributed by atoms with E-state index in [1.807, 2.05) is 19.3 Å². The minimum atomic E-state index is -0.234. The van der Waals surface area contributed by atoms with E-state index >= 15 is 0 Å². The average molecular weight is 279 g/mol. The Morgan fingerprint density at radius 2 is 2.11 bits per heavy atom. The number of hydrogen-bond acceptors (Lipinski definition) is 4. The van der Waals surface area contributed by atoms with Gasteiger partial charge in [-0.3, -0.25) is 0 Å². The van der Waals surface area contributed by atoms with Crippen LogP contribution in [0.3, 0.4) is 0 Å². The second kappa shape index (κ2) is 6.12. The van der Waals surface area contributed by atoms with Gasteiger partial charge in [0.2, 0.25) is 0 Å². The third-order valence-electron chi connectivity index (χ3n) is 2.73. The topological polar surface area (TPSA) is 28.2 Å². The smallest absolute Gasteiger partial charge is 0.189 e. The summed E-state index contributed by atoms with van der Waals surface area (Å²) in [6.45, 7) is 5.00. The molecule has 0 aliphatic heterocycles. The zero-order chi connectivity index (χ0) is 13.8. The SMILES string of the molecule is CC(C)NCc1cnc(N(C)c2ccccc2F)s1. The summed E-state index contributed by atoms with van der Waals surface area (Å²) < 4.78 is 13.7. The molecule has 102 valence electrons. The van der Waals surface area contributed by atoms with Gasteiger partial charge in [0.05, 0.1) is 5.69 Å². The summed E-state index contributed by atoms with van der Waals surface area (Å²) in [4.78, 5) is 7.27. The molecule has 0 bridgehead atoms. The second-order valence-electron chi connectivity index (χ2n) is 4.66. The van der Waals surface area contributed by atoms with Gasteiger partial charge in [0.1, 0.15) is 5.82 Å². The van der Waals surface area contributed by atoms with Crippen LogP contribution in [0.1, 0.15) is 18.7 Å². The van der Waals surface area contributed by atoms with Crippen LogP contribution in [-0.4, -0.2) is 18.1 Å². The maximum atomic E-state index is 13.7. The number of thiazole rings is 1. The Balaban J connectivity index is 2.12. The van der Waals surface area contributed by atoms with Gasteiger partial charge in [0, 0.05) is 30.7 Å². The largest absolute Gasteiger partial charge is 0.318 e. The van der Waals surface area contributed by atoms with Crippen molar-refractivity contribution in [3.8, 4) is 0 Å². The van der Waals surface area contributed by atoms with Crippen molar-refractivity contribution >= 4 is 22.2 Å². The molecule has 0 amide bonds. The molecule has 2 rings (SSSR count). The molecule has 0 unspecified atom stereocenters. The Kier molecular flexibility index (Phi) is 4.50. The Morgan fingerprint density at radius 1 is 1.37 bits per heavy atom. The van der Waals surface area contributed by atoms with Gasteiger partial charge in [0.25, 0.3) is 0 Å². The van der Waals surface area contributed by atoms with Gasteiger partial charge in [0.15, 0.2) is 5.13 Å². The number of nitrogens with one attached hydrogen (secondary N) is 1. The average Bonchev–Trinajstić information content (AvgIpc) is 2.85. The molecule has 3 nitrogen and oxygen atoms in total. The van der Waals surface area contributed by atoms with E-state index in [1.54, 1.807) is 28.4 Å². The van der Waals surface area contributed by atoms with E-state index < -0.39 is 0 Å². The number of rotatable bonds is 5. The van der Waals surface area contributed by atoms with Gasteiger partial charge in [-0.2, -0.15) is 0 Å². The van der Waals surface area contributed by atoms with Crippen molar-refractivity contribution in [1.29, 1.82) is 0 Å². The standard InChI is InChI=1S/C14H18FN3S/c1-10(2)16-8-11-9-17-14(19-11)18(3)13-7-5-4-6-12(13)15/h4-7,9-10,16H,8H2,1-3H3. The normalized spacial score (nSPS) is 11.0. The zero-order valence-corrected chi connectivity index (χ0v) is 12.2. The number of aromatic nitrogens is 1. The van der Waals surface area contributed by atoms with Gasteiger partial charge in [-0.1, -0.05) is 26.0 Å². The maximum absolute atomic E-state index is 13.7. The van der Waals surface area contributed by atoms with Crippen molar-refractivity contribution in [2.75, 3.05) is 11.9 Å². The fourth-order valence-corrected chi connectivity index (χ4v) is 2.50. The van der Waals surface area contributed by atoms with Crippen LogP contribution in [0, 0.1) is 5.82 Å². The van der Waals surface area contributed by atoms with Gasteiger partial charge in [-0.25, -0.2) is 9.37 Å². The predicted octanol–water partition coefficient (Wildman–Crippen LogP) is 3.55. The van der Waals surface area contributed by atoms with Crippen LogP contribution < -0.4 is 10.2 Å². The lowest BCUT2D eigenvalue weighted by atomic mass is 10.3. The molecule has 0 spiro atoms. The molecule has 19 heavy (non-hydrogen) atoms. The van der Waals surface area contributed by atoms with Crippen LogP contribution in [-0.2, 0) is 6.54 Å². The van der Waals surface area contributed by atoms with E-state index in [9.17, 15) is 4.39 Å². The highest BCUT2D eigenvalue weighted by Gasteiger charge is 2.12. The highest BCUT2D eigenvalue weighted by atomic mass is 32.1. The van der Waals surface area contributed by atoms with E-state index in [0.29, 0.717) is 11.7 Å². The van der Waals surface area contributed by atoms with Crippen LogP contribution in [0.15, 0.2) is 30.5 Å². The zero-order valence-electron chi connectivity index (χ0n) is 11.4. The van der Waals surface area contributed by atoms with Crippen LogP contribution in [0.2, 0.25) is 0 Å². The lowest BCUT2D eigenvalue weighted by Gasteiger charge is -2.16. The highest BCUT2D eigenvalue weighted by molar-refractivity contribution is 7.15. The lowest BCUT2D eigenvalue weighted by Crippen LogP contribution is -2.21. The fraction of sp³-hybridized carbons (Fsp3) is 0.357. The van der Waals surface area contributed by atoms with Crippen molar-refractivity contribution in [3.63, 3.8) is 0 Å². The molecule has 0 saturated heterocycles. The van der Waals surface area contributed by atoms with E-state index in [0.717, 1.165) is 16.6 Å². The molecule has 1 N–H and O–H groups in total. The first kappa shape index (κ1) is 14.0. The summed E-state index contributed by atoms with van der Waals surface area (Å²) in [5, 5.41) is 4.14. The van der Waals surface area contributed by atoms with E-state index in [4.69, 9.17) is 0 Å².